The number of rotatable bonds is 19. The van der Waals surface area contributed by atoms with Crippen molar-refractivity contribution in [3.63, 3.8) is 0 Å². The first-order chi connectivity index (χ1) is 29.9. The average molecular weight is 884 g/mol. The largest absolute Gasteiger partial charge is 0.460 e. The highest BCUT2D eigenvalue weighted by Gasteiger charge is 2.31. The second-order valence-electron chi connectivity index (χ2n) is 18.7. The summed E-state index contributed by atoms with van der Waals surface area (Å²) in [6.45, 7) is 15.4. The number of carbonyl (C=O) groups excluding carboxylic acids is 6. The monoisotopic (exact) mass is 883 g/mol. The molecule has 0 bridgehead atoms. The third-order valence-corrected chi connectivity index (χ3v) is 9.33. The highest BCUT2D eigenvalue weighted by atomic mass is 16.6. The van der Waals surface area contributed by atoms with Crippen LogP contribution in [0.25, 0.3) is 22.0 Å². The molecule has 346 valence electrons. The maximum absolute atomic E-state index is 13.8. The smallest absolute Gasteiger partial charge is 0.329 e. The number of esters is 3. The Morgan fingerprint density at radius 3 is 1.88 bits per heavy atom. The maximum atomic E-state index is 13.8. The Morgan fingerprint density at radius 2 is 1.27 bits per heavy atom. The summed E-state index contributed by atoms with van der Waals surface area (Å²) in [6, 6.07) is 18.7. The molecule has 0 saturated carbocycles. The fraction of sp³-hybridized carbons (Fsp3) is 0.479. The molecule has 1 heterocycles. The Kier molecular flexibility index (Phi) is 17.5. The third-order valence-electron chi connectivity index (χ3n) is 9.33. The Hall–Kier alpha value is -6.45. The molecule has 3 aromatic carbocycles. The lowest BCUT2D eigenvalue weighted by Gasteiger charge is -2.27. The predicted octanol–water partition coefficient (Wildman–Crippen LogP) is 6.14. The van der Waals surface area contributed by atoms with E-state index in [4.69, 9.17) is 19.9 Å². The van der Waals surface area contributed by atoms with Crippen LogP contribution in [0.5, 0.6) is 0 Å². The molecular formula is C48H65N7O9. The molecule has 16 nitrogen and oxygen atoms in total. The van der Waals surface area contributed by atoms with Crippen molar-refractivity contribution in [2.75, 3.05) is 12.3 Å². The molecule has 0 radical (unpaired) electrons. The number of fused-ring (bicyclic) bond motifs is 1. The SMILES string of the molecule is CC(C)(C)OC(=O)CC[C@H](NC(=O)N[C@@H](CCCCNC(=O)[C@H](Cc1ccc2ccccc2c1)NC(=O)Cn1ccc(-c2ccc(N)cc2)n1)C(=O)OC(C)(C)C)C(=O)OC(C)(C)C. The molecule has 64 heavy (non-hydrogen) atoms. The fourth-order valence-electron chi connectivity index (χ4n) is 6.52. The van der Waals surface area contributed by atoms with Crippen LogP contribution in [0.15, 0.2) is 79.0 Å². The summed E-state index contributed by atoms with van der Waals surface area (Å²) in [4.78, 5) is 79.5. The molecule has 0 aliphatic heterocycles. The molecule has 0 aliphatic rings. The van der Waals surface area contributed by atoms with E-state index >= 15 is 0 Å². The quantitative estimate of drug-likeness (QED) is 0.0311. The first-order valence-corrected chi connectivity index (χ1v) is 21.6. The first-order valence-electron chi connectivity index (χ1n) is 21.6. The summed E-state index contributed by atoms with van der Waals surface area (Å²) in [5, 5.41) is 17.6. The Bertz CT molecular complexity index is 2230. The number of hydrogen-bond acceptors (Lipinski definition) is 11. The van der Waals surface area contributed by atoms with E-state index in [-0.39, 0.29) is 38.8 Å². The van der Waals surface area contributed by atoms with Crippen LogP contribution >= 0.6 is 0 Å². The van der Waals surface area contributed by atoms with Gasteiger partial charge in [-0.25, -0.2) is 14.4 Å². The van der Waals surface area contributed by atoms with Crippen LogP contribution in [0.2, 0.25) is 0 Å². The van der Waals surface area contributed by atoms with E-state index in [2.05, 4.69) is 26.4 Å². The van der Waals surface area contributed by atoms with Crippen molar-refractivity contribution in [2.45, 2.75) is 142 Å². The Morgan fingerprint density at radius 1 is 0.672 bits per heavy atom. The van der Waals surface area contributed by atoms with E-state index in [0.717, 1.165) is 21.9 Å². The molecule has 4 amide bonds. The number of nitrogens with zero attached hydrogens (tertiary/aromatic N) is 2. The third kappa shape index (κ3) is 17.7. The molecule has 3 atom stereocenters. The summed E-state index contributed by atoms with van der Waals surface area (Å²) in [6.07, 6.45) is 2.54. The summed E-state index contributed by atoms with van der Waals surface area (Å²) < 4.78 is 18.0. The first kappa shape index (κ1) is 50.2. The molecule has 4 rings (SSSR count). The van der Waals surface area contributed by atoms with Crippen LogP contribution in [-0.4, -0.2) is 87.0 Å². The highest BCUT2D eigenvalue weighted by molar-refractivity contribution is 5.89. The van der Waals surface area contributed by atoms with Gasteiger partial charge in [-0.1, -0.05) is 54.6 Å². The number of nitrogens with one attached hydrogen (secondary N) is 4. The maximum Gasteiger partial charge on any atom is 0.329 e. The number of anilines is 1. The van der Waals surface area contributed by atoms with Gasteiger partial charge in [-0.15, -0.1) is 0 Å². The zero-order valence-electron chi connectivity index (χ0n) is 38.5. The molecule has 0 saturated heterocycles. The molecule has 4 aromatic rings. The lowest BCUT2D eigenvalue weighted by atomic mass is 10.0. The van der Waals surface area contributed by atoms with Crippen molar-refractivity contribution in [3.05, 3.63) is 84.6 Å². The van der Waals surface area contributed by atoms with Crippen molar-refractivity contribution in [2.24, 2.45) is 0 Å². The number of urea groups is 1. The molecule has 0 spiro atoms. The molecule has 1 aromatic heterocycles. The number of benzene rings is 3. The van der Waals surface area contributed by atoms with Crippen LogP contribution in [0.3, 0.4) is 0 Å². The molecule has 0 unspecified atom stereocenters. The lowest BCUT2D eigenvalue weighted by Crippen LogP contribution is -2.53. The van der Waals surface area contributed by atoms with Gasteiger partial charge >= 0.3 is 23.9 Å². The molecular weight excluding hydrogens is 819 g/mol. The van der Waals surface area contributed by atoms with Crippen molar-refractivity contribution in [1.29, 1.82) is 0 Å². The van der Waals surface area contributed by atoms with Gasteiger partial charge in [0.2, 0.25) is 11.8 Å². The summed E-state index contributed by atoms with van der Waals surface area (Å²) in [5.74, 6) is -2.80. The van der Waals surface area contributed by atoms with Gasteiger partial charge in [-0.3, -0.25) is 19.1 Å². The van der Waals surface area contributed by atoms with E-state index in [1.54, 1.807) is 86.7 Å². The van der Waals surface area contributed by atoms with E-state index in [1.165, 1.54) is 4.68 Å². The second-order valence-corrected chi connectivity index (χ2v) is 18.7. The van der Waals surface area contributed by atoms with E-state index < -0.39 is 70.7 Å². The highest BCUT2D eigenvalue weighted by Crippen LogP contribution is 2.20. The molecule has 16 heteroatoms. The van der Waals surface area contributed by atoms with Crippen molar-refractivity contribution in [1.82, 2.24) is 31.0 Å². The van der Waals surface area contributed by atoms with Crippen molar-refractivity contribution in [3.8, 4) is 11.3 Å². The summed E-state index contributed by atoms with van der Waals surface area (Å²) in [7, 11) is 0. The number of carbonyl (C=O) groups is 6. The standard InChI is InChI=1S/C48H65N7O9/c1-46(2,3)62-41(57)24-23-38(44(60)64-48(7,8)9)53-45(61)52-37(43(59)63-47(4,5)6)16-12-13-26-50-42(58)39(29-31-17-18-32-14-10-11-15-34(32)28-31)51-40(56)30-55-27-25-36(54-55)33-19-21-35(49)22-20-33/h10-11,14-15,17-22,25,27-28,37-39H,12-13,16,23-24,26,29-30,49H2,1-9H3,(H,50,58)(H,51,56)(H2,52,53,61)/t37-,38-,39-/m0/s1. The molecule has 6 N–H and O–H groups in total. The van der Waals surface area contributed by atoms with Crippen LogP contribution in [-0.2, 0) is 51.1 Å². The van der Waals surface area contributed by atoms with Crippen LogP contribution < -0.4 is 27.0 Å². The van der Waals surface area contributed by atoms with Gasteiger partial charge in [0.1, 0.15) is 41.5 Å². The lowest BCUT2D eigenvalue weighted by molar-refractivity contribution is -0.159. The molecule has 0 aliphatic carbocycles. The minimum absolute atomic E-state index is 0.106. The van der Waals surface area contributed by atoms with Crippen molar-refractivity contribution < 1.29 is 43.0 Å². The average Bonchev–Trinajstić information content (AvgIpc) is 3.64. The van der Waals surface area contributed by atoms with Crippen LogP contribution in [0.1, 0.15) is 100.0 Å². The summed E-state index contributed by atoms with van der Waals surface area (Å²) >= 11 is 0. The zero-order chi connectivity index (χ0) is 47.2. The van der Waals surface area contributed by atoms with E-state index in [0.29, 0.717) is 24.2 Å². The van der Waals surface area contributed by atoms with Gasteiger partial charge < -0.3 is 41.2 Å². The van der Waals surface area contributed by atoms with Gasteiger partial charge in [0.25, 0.3) is 0 Å². The second kappa shape index (κ2) is 22.3. The minimum Gasteiger partial charge on any atom is -0.460 e. The Balaban J connectivity index is 1.40. The number of aromatic nitrogens is 2. The number of amides is 4. The van der Waals surface area contributed by atoms with Crippen molar-refractivity contribution >= 4 is 52.2 Å². The topological polar surface area (TPSA) is 222 Å². The van der Waals surface area contributed by atoms with Gasteiger partial charge in [0, 0.05) is 36.8 Å². The number of hydrogen-bond donors (Lipinski definition) is 5. The molecule has 0 fully saturated rings. The number of unbranched alkanes of at least 4 members (excludes halogenated alkanes) is 1. The van der Waals surface area contributed by atoms with E-state index in [1.807, 2.05) is 54.6 Å². The summed E-state index contributed by atoms with van der Waals surface area (Å²) in [5.41, 5.74) is 6.34. The number of nitrogens with two attached hydrogens (primary N) is 1. The zero-order valence-corrected chi connectivity index (χ0v) is 38.5. The van der Waals surface area contributed by atoms with Crippen LogP contribution in [0.4, 0.5) is 10.5 Å². The van der Waals surface area contributed by atoms with Gasteiger partial charge in [0.15, 0.2) is 0 Å². The van der Waals surface area contributed by atoms with Gasteiger partial charge in [-0.2, -0.15) is 5.10 Å². The number of nitrogen functional groups attached to an aromatic ring is 1. The normalized spacial score (nSPS) is 13.2. The predicted molar refractivity (Wildman–Crippen MR) is 245 cm³/mol. The fourth-order valence-corrected chi connectivity index (χ4v) is 6.52. The van der Waals surface area contributed by atoms with Gasteiger partial charge in [0.05, 0.1) is 5.69 Å². The van der Waals surface area contributed by atoms with Gasteiger partial charge in [-0.05, 0) is 123 Å². The Labute approximate surface area is 375 Å². The van der Waals surface area contributed by atoms with Crippen LogP contribution in [0, 0.1) is 0 Å². The minimum atomic E-state index is -1.23. The van der Waals surface area contributed by atoms with E-state index in [9.17, 15) is 28.8 Å². The number of ether oxygens (including phenoxy) is 3.